The highest BCUT2D eigenvalue weighted by Gasteiger charge is 2.22. The fourth-order valence-corrected chi connectivity index (χ4v) is 2.50. The van der Waals surface area contributed by atoms with Gasteiger partial charge in [-0.1, -0.05) is 17.7 Å². The van der Waals surface area contributed by atoms with E-state index in [1.54, 1.807) is 0 Å². The number of nitrogens with zero attached hydrogens (tertiary/aromatic N) is 2. The lowest BCUT2D eigenvalue weighted by Crippen LogP contribution is -2.39. The first-order valence-corrected chi connectivity index (χ1v) is 6.08. The summed E-state index contributed by atoms with van der Waals surface area (Å²) < 4.78 is 0. The van der Waals surface area contributed by atoms with Gasteiger partial charge in [-0.05, 0) is 37.5 Å². The van der Waals surface area contributed by atoms with Crippen LogP contribution in [0.1, 0.15) is 25.7 Å². The number of rotatable bonds is 2. The lowest BCUT2D eigenvalue weighted by molar-refractivity contribution is 0.464. The Balaban J connectivity index is 2.20. The molecule has 1 aliphatic heterocycles. The van der Waals surface area contributed by atoms with E-state index in [9.17, 15) is 0 Å². The Hall–Kier alpha value is -1.20. The molecule has 0 spiro atoms. The molecule has 1 unspecified atom stereocenters. The molecule has 0 bridgehead atoms. The van der Waals surface area contributed by atoms with Gasteiger partial charge in [0.1, 0.15) is 0 Å². The predicted octanol–water partition coefficient (Wildman–Crippen LogP) is 3.61. The molecule has 0 aliphatic carbocycles. The quantitative estimate of drug-likeness (QED) is 0.782. The van der Waals surface area contributed by atoms with Crippen LogP contribution >= 0.6 is 11.6 Å². The second-order valence-corrected chi connectivity index (χ2v) is 4.62. The van der Waals surface area contributed by atoms with Gasteiger partial charge < -0.3 is 4.90 Å². The third-order valence-electron chi connectivity index (χ3n) is 3.09. The highest BCUT2D eigenvalue weighted by molar-refractivity contribution is 6.30. The van der Waals surface area contributed by atoms with Gasteiger partial charge in [-0.25, -0.2) is 0 Å². The van der Waals surface area contributed by atoms with Gasteiger partial charge in [0.2, 0.25) is 0 Å². The molecule has 1 heterocycles. The van der Waals surface area contributed by atoms with Gasteiger partial charge in [0.05, 0.1) is 12.5 Å². The molecule has 16 heavy (non-hydrogen) atoms. The Kier molecular flexibility index (Phi) is 3.69. The van der Waals surface area contributed by atoms with Crippen molar-refractivity contribution in [2.24, 2.45) is 0 Å². The van der Waals surface area contributed by atoms with Crippen LogP contribution in [0.4, 0.5) is 5.69 Å². The number of benzene rings is 1. The standard InChI is InChI=1S/C13H15ClN2/c14-11-4-3-6-13(10-11)16-9-2-1-5-12(16)7-8-15/h3-4,6,10,12H,1-2,5,7,9H2. The number of hydrogen-bond donors (Lipinski definition) is 0. The van der Waals surface area contributed by atoms with E-state index < -0.39 is 0 Å². The molecule has 0 N–H and O–H groups in total. The summed E-state index contributed by atoms with van der Waals surface area (Å²) in [5.74, 6) is 0. The molecule has 1 fully saturated rings. The number of halogens is 1. The minimum atomic E-state index is 0.359. The molecule has 0 aromatic heterocycles. The fourth-order valence-electron chi connectivity index (χ4n) is 2.31. The summed E-state index contributed by atoms with van der Waals surface area (Å²) in [7, 11) is 0. The van der Waals surface area contributed by atoms with E-state index in [4.69, 9.17) is 16.9 Å². The third kappa shape index (κ3) is 2.48. The maximum atomic E-state index is 8.84. The Morgan fingerprint density at radius 2 is 2.31 bits per heavy atom. The van der Waals surface area contributed by atoms with E-state index in [0.717, 1.165) is 23.7 Å². The Labute approximate surface area is 101 Å². The summed E-state index contributed by atoms with van der Waals surface area (Å²) in [5, 5.41) is 9.60. The molecule has 0 radical (unpaired) electrons. The molecular formula is C13H15ClN2. The average molecular weight is 235 g/mol. The van der Waals surface area contributed by atoms with Gasteiger partial charge in [0.25, 0.3) is 0 Å². The third-order valence-corrected chi connectivity index (χ3v) is 3.33. The van der Waals surface area contributed by atoms with Gasteiger partial charge >= 0.3 is 0 Å². The largest absolute Gasteiger partial charge is 0.367 e. The fraction of sp³-hybridized carbons (Fsp3) is 0.462. The van der Waals surface area contributed by atoms with Crippen LogP contribution in [0, 0.1) is 11.3 Å². The maximum Gasteiger partial charge on any atom is 0.0643 e. The normalized spacial score (nSPS) is 20.5. The first-order valence-electron chi connectivity index (χ1n) is 5.70. The molecule has 1 aliphatic rings. The molecule has 1 saturated heterocycles. The monoisotopic (exact) mass is 234 g/mol. The van der Waals surface area contributed by atoms with Crippen molar-refractivity contribution in [3.63, 3.8) is 0 Å². The molecule has 0 amide bonds. The van der Waals surface area contributed by atoms with Crippen molar-refractivity contribution in [1.82, 2.24) is 0 Å². The molecule has 3 heteroatoms. The summed E-state index contributed by atoms with van der Waals surface area (Å²) in [6, 6.07) is 10.5. The van der Waals surface area contributed by atoms with E-state index in [-0.39, 0.29) is 0 Å². The van der Waals surface area contributed by atoms with Crippen LogP contribution < -0.4 is 4.90 Å². The average Bonchev–Trinajstić information content (AvgIpc) is 2.30. The van der Waals surface area contributed by atoms with E-state index in [2.05, 4.69) is 17.0 Å². The summed E-state index contributed by atoms with van der Waals surface area (Å²) in [4.78, 5) is 2.32. The van der Waals surface area contributed by atoms with E-state index in [1.165, 1.54) is 12.8 Å². The minimum Gasteiger partial charge on any atom is -0.367 e. The van der Waals surface area contributed by atoms with Gasteiger partial charge in [0, 0.05) is 23.3 Å². The lowest BCUT2D eigenvalue weighted by atomic mass is 9.99. The van der Waals surface area contributed by atoms with Crippen molar-refractivity contribution >= 4 is 17.3 Å². The van der Waals surface area contributed by atoms with E-state index in [0.29, 0.717) is 12.5 Å². The van der Waals surface area contributed by atoms with Crippen molar-refractivity contribution < 1.29 is 0 Å². The van der Waals surface area contributed by atoms with E-state index >= 15 is 0 Å². The maximum absolute atomic E-state index is 8.84. The topological polar surface area (TPSA) is 27.0 Å². The number of hydrogen-bond acceptors (Lipinski definition) is 2. The smallest absolute Gasteiger partial charge is 0.0643 e. The van der Waals surface area contributed by atoms with Crippen molar-refractivity contribution in [2.75, 3.05) is 11.4 Å². The van der Waals surface area contributed by atoms with Crippen LogP contribution in [-0.4, -0.2) is 12.6 Å². The Morgan fingerprint density at radius 1 is 1.44 bits per heavy atom. The zero-order valence-corrected chi connectivity index (χ0v) is 9.95. The first-order chi connectivity index (χ1) is 7.81. The van der Waals surface area contributed by atoms with Gasteiger partial charge in [0.15, 0.2) is 0 Å². The van der Waals surface area contributed by atoms with Crippen LogP contribution in [0.15, 0.2) is 24.3 Å². The summed E-state index contributed by atoms with van der Waals surface area (Å²) in [6.45, 7) is 1.03. The van der Waals surface area contributed by atoms with E-state index in [1.807, 2.05) is 18.2 Å². The van der Waals surface area contributed by atoms with Crippen LogP contribution in [-0.2, 0) is 0 Å². The highest BCUT2D eigenvalue weighted by Crippen LogP contribution is 2.28. The SMILES string of the molecule is N#CCC1CCCCN1c1cccc(Cl)c1. The second kappa shape index (κ2) is 5.23. The molecular weight excluding hydrogens is 220 g/mol. The predicted molar refractivity (Wildman–Crippen MR) is 66.7 cm³/mol. The molecule has 2 nitrogen and oxygen atoms in total. The second-order valence-electron chi connectivity index (χ2n) is 4.19. The number of anilines is 1. The van der Waals surface area contributed by atoms with Crippen molar-refractivity contribution in [1.29, 1.82) is 5.26 Å². The van der Waals surface area contributed by atoms with Crippen molar-refractivity contribution in [2.45, 2.75) is 31.7 Å². The Bertz CT molecular complexity index is 397. The minimum absolute atomic E-state index is 0.359. The summed E-state index contributed by atoms with van der Waals surface area (Å²) in [6.07, 6.45) is 4.14. The molecule has 1 atom stereocenters. The Morgan fingerprint density at radius 3 is 3.06 bits per heavy atom. The van der Waals surface area contributed by atoms with Crippen LogP contribution in [0.5, 0.6) is 0 Å². The van der Waals surface area contributed by atoms with Crippen LogP contribution in [0.2, 0.25) is 5.02 Å². The highest BCUT2D eigenvalue weighted by atomic mass is 35.5. The lowest BCUT2D eigenvalue weighted by Gasteiger charge is -2.36. The van der Waals surface area contributed by atoms with Gasteiger partial charge in [-0.15, -0.1) is 0 Å². The summed E-state index contributed by atoms with van der Waals surface area (Å²) in [5.41, 5.74) is 1.15. The molecule has 1 aromatic rings. The number of nitriles is 1. The molecule has 2 rings (SSSR count). The summed E-state index contributed by atoms with van der Waals surface area (Å²) >= 11 is 6.00. The zero-order valence-electron chi connectivity index (χ0n) is 9.19. The molecule has 1 aromatic carbocycles. The van der Waals surface area contributed by atoms with Gasteiger partial charge in [-0.2, -0.15) is 5.26 Å². The van der Waals surface area contributed by atoms with Crippen molar-refractivity contribution in [3.05, 3.63) is 29.3 Å². The van der Waals surface area contributed by atoms with Crippen LogP contribution in [0.25, 0.3) is 0 Å². The molecule has 0 saturated carbocycles. The molecule has 84 valence electrons. The van der Waals surface area contributed by atoms with Crippen LogP contribution in [0.3, 0.4) is 0 Å². The van der Waals surface area contributed by atoms with Gasteiger partial charge in [-0.3, -0.25) is 0 Å². The first kappa shape index (κ1) is 11.3. The van der Waals surface area contributed by atoms with Crippen molar-refractivity contribution in [3.8, 4) is 6.07 Å². The zero-order chi connectivity index (χ0) is 11.4. The number of piperidine rings is 1.